The highest BCUT2D eigenvalue weighted by Gasteiger charge is 2.32. The average molecular weight is 363 g/mol. The number of aliphatic hydroxyl groups is 1. The van der Waals surface area contributed by atoms with Crippen LogP contribution in [-0.2, 0) is 11.3 Å². The van der Waals surface area contributed by atoms with E-state index >= 15 is 0 Å². The first-order valence-electron chi connectivity index (χ1n) is 9.51. The number of piperidine rings is 1. The second-order valence-corrected chi connectivity index (χ2v) is 7.45. The number of amides is 1. The molecule has 27 heavy (non-hydrogen) atoms. The highest BCUT2D eigenvalue weighted by atomic mass is 16.3. The van der Waals surface area contributed by atoms with Crippen LogP contribution in [0.1, 0.15) is 23.5 Å². The number of aromatic nitrogens is 2. The summed E-state index contributed by atoms with van der Waals surface area (Å²) in [6.45, 7) is 3.74. The minimum atomic E-state index is 0.0758. The monoisotopic (exact) mass is 363 g/mol. The van der Waals surface area contributed by atoms with Crippen molar-refractivity contribution in [2.45, 2.75) is 25.8 Å². The van der Waals surface area contributed by atoms with Crippen LogP contribution < -0.4 is 0 Å². The maximum atomic E-state index is 12.9. The second-order valence-electron chi connectivity index (χ2n) is 7.45. The standard InChI is InChI=1S/C22H25N3O2/c1-16-7-8-20-21(11-16)25(15-23-20)13-22(27)24-10-9-19(18(12-24)14-26)17-5-3-2-4-6-17/h2-8,11,15,18-19,26H,9-10,12-14H2,1H3/t18-,19+/m1/s1. The lowest BCUT2D eigenvalue weighted by Crippen LogP contribution is -2.45. The summed E-state index contributed by atoms with van der Waals surface area (Å²) in [5, 5.41) is 9.90. The third-order valence-corrected chi connectivity index (χ3v) is 5.63. The fourth-order valence-corrected chi connectivity index (χ4v) is 4.12. The molecule has 0 spiro atoms. The number of likely N-dealkylation sites (tertiary alicyclic amines) is 1. The Morgan fingerprint density at radius 3 is 2.81 bits per heavy atom. The minimum absolute atomic E-state index is 0.0758. The Morgan fingerprint density at radius 1 is 1.22 bits per heavy atom. The van der Waals surface area contributed by atoms with Gasteiger partial charge in [-0.05, 0) is 42.5 Å². The Labute approximate surface area is 159 Å². The van der Waals surface area contributed by atoms with Crippen molar-refractivity contribution in [1.82, 2.24) is 14.5 Å². The molecule has 2 heterocycles. The number of carbonyl (C=O) groups is 1. The van der Waals surface area contributed by atoms with Gasteiger partial charge in [-0.3, -0.25) is 4.79 Å². The summed E-state index contributed by atoms with van der Waals surface area (Å²) in [5.74, 6) is 0.463. The number of hydrogen-bond donors (Lipinski definition) is 1. The first-order valence-corrected chi connectivity index (χ1v) is 9.51. The molecular weight excluding hydrogens is 338 g/mol. The van der Waals surface area contributed by atoms with E-state index in [1.807, 2.05) is 46.7 Å². The van der Waals surface area contributed by atoms with Crippen molar-refractivity contribution in [3.8, 4) is 0 Å². The van der Waals surface area contributed by atoms with Crippen LogP contribution in [0.15, 0.2) is 54.9 Å². The fourth-order valence-electron chi connectivity index (χ4n) is 4.12. The summed E-state index contributed by atoms with van der Waals surface area (Å²) in [7, 11) is 0. The number of benzene rings is 2. The van der Waals surface area contributed by atoms with Crippen LogP contribution in [-0.4, -0.2) is 45.2 Å². The Balaban J connectivity index is 1.47. The molecule has 140 valence electrons. The SMILES string of the molecule is Cc1ccc2ncn(CC(=O)N3CC[C@@H](c4ccccc4)[C@@H](CO)C3)c2c1. The van der Waals surface area contributed by atoms with Gasteiger partial charge in [-0.2, -0.15) is 0 Å². The molecule has 1 fully saturated rings. The summed E-state index contributed by atoms with van der Waals surface area (Å²) in [5.41, 5.74) is 4.30. The average Bonchev–Trinajstić information content (AvgIpc) is 3.10. The van der Waals surface area contributed by atoms with E-state index in [1.165, 1.54) is 5.56 Å². The molecule has 1 aliphatic heterocycles. The summed E-state index contributed by atoms with van der Waals surface area (Å²) >= 11 is 0. The summed E-state index contributed by atoms with van der Waals surface area (Å²) < 4.78 is 1.92. The van der Waals surface area contributed by atoms with Gasteiger partial charge >= 0.3 is 0 Å². The predicted octanol–water partition coefficient (Wildman–Crippen LogP) is 2.97. The van der Waals surface area contributed by atoms with E-state index in [0.717, 1.165) is 29.6 Å². The number of carbonyl (C=O) groups excluding carboxylic acids is 1. The summed E-state index contributed by atoms with van der Waals surface area (Å²) in [6.07, 6.45) is 2.62. The number of nitrogens with zero attached hydrogens (tertiary/aromatic N) is 3. The highest BCUT2D eigenvalue weighted by Crippen LogP contribution is 2.32. The van der Waals surface area contributed by atoms with Gasteiger partial charge in [-0.25, -0.2) is 4.98 Å². The number of hydrogen-bond acceptors (Lipinski definition) is 3. The van der Waals surface area contributed by atoms with Crippen LogP contribution in [0.2, 0.25) is 0 Å². The lowest BCUT2D eigenvalue weighted by molar-refractivity contribution is -0.134. The van der Waals surface area contributed by atoms with Gasteiger partial charge in [0.15, 0.2) is 0 Å². The van der Waals surface area contributed by atoms with E-state index in [0.29, 0.717) is 12.5 Å². The smallest absolute Gasteiger partial charge is 0.242 e. The van der Waals surface area contributed by atoms with Crippen LogP contribution in [0.5, 0.6) is 0 Å². The van der Waals surface area contributed by atoms with Gasteiger partial charge in [-0.15, -0.1) is 0 Å². The minimum Gasteiger partial charge on any atom is -0.396 e. The molecule has 1 N–H and O–H groups in total. The van der Waals surface area contributed by atoms with E-state index in [-0.39, 0.29) is 25.0 Å². The molecule has 0 radical (unpaired) electrons. The molecular formula is C22H25N3O2. The van der Waals surface area contributed by atoms with Gasteiger partial charge in [0.05, 0.1) is 17.4 Å². The topological polar surface area (TPSA) is 58.4 Å². The van der Waals surface area contributed by atoms with E-state index in [9.17, 15) is 9.90 Å². The fraction of sp³-hybridized carbons (Fsp3) is 0.364. The van der Waals surface area contributed by atoms with Crippen LogP contribution in [0.3, 0.4) is 0 Å². The number of aryl methyl sites for hydroxylation is 1. The molecule has 0 saturated carbocycles. The van der Waals surface area contributed by atoms with Gasteiger partial charge in [0.2, 0.25) is 5.91 Å². The van der Waals surface area contributed by atoms with Gasteiger partial charge in [0.1, 0.15) is 6.54 Å². The van der Waals surface area contributed by atoms with E-state index in [2.05, 4.69) is 23.2 Å². The van der Waals surface area contributed by atoms with E-state index in [4.69, 9.17) is 0 Å². The van der Waals surface area contributed by atoms with Crippen molar-refractivity contribution in [2.75, 3.05) is 19.7 Å². The first-order chi connectivity index (χ1) is 13.2. The molecule has 4 rings (SSSR count). The Hall–Kier alpha value is -2.66. The quantitative estimate of drug-likeness (QED) is 0.775. The zero-order valence-electron chi connectivity index (χ0n) is 15.6. The zero-order valence-corrected chi connectivity index (χ0v) is 15.6. The lowest BCUT2D eigenvalue weighted by Gasteiger charge is -2.38. The Kier molecular flexibility index (Phi) is 4.94. The van der Waals surface area contributed by atoms with Crippen molar-refractivity contribution in [3.05, 3.63) is 66.0 Å². The molecule has 1 aliphatic rings. The normalized spacial score (nSPS) is 20.1. The molecule has 5 nitrogen and oxygen atoms in total. The van der Waals surface area contributed by atoms with Crippen molar-refractivity contribution < 1.29 is 9.90 Å². The Morgan fingerprint density at radius 2 is 2.04 bits per heavy atom. The molecule has 0 bridgehead atoms. The molecule has 2 atom stereocenters. The van der Waals surface area contributed by atoms with Crippen LogP contribution in [0.4, 0.5) is 0 Å². The number of imidazole rings is 1. The number of aliphatic hydroxyl groups excluding tert-OH is 1. The molecule has 0 unspecified atom stereocenters. The Bertz CT molecular complexity index is 935. The largest absolute Gasteiger partial charge is 0.396 e. The first kappa shape index (κ1) is 17.7. The second kappa shape index (κ2) is 7.53. The molecule has 3 aromatic rings. The summed E-state index contributed by atoms with van der Waals surface area (Å²) in [6, 6.07) is 16.4. The molecule has 5 heteroatoms. The van der Waals surface area contributed by atoms with E-state index in [1.54, 1.807) is 6.33 Å². The molecule has 0 aliphatic carbocycles. The number of fused-ring (bicyclic) bond motifs is 1. The van der Waals surface area contributed by atoms with E-state index < -0.39 is 0 Å². The van der Waals surface area contributed by atoms with Crippen molar-refractivity contribution in [1.29, 1.82) is 0 Å². The van der Waals surface area contributed by atoms with Crippen LogP contribution >= 0.6 is 0 Å². The predicted molar refractivity (Wildman–Crippen MR) is 105 cm³/mol. The maximum Gasteiger partial charge on any atom is 0.242 e. The third kappa shape index (κ3) is 3.60. The molecule has 1 aromatic heterocycles. The van der Waals surface area contributed by atoms with Crippen molar-refractivity contribution in [3.63, 3.8) is 0 Å². The number of rotatable bonds is 4. The van der Waals surface area contributed by atoms with Crippen molar-refractivity contribution >= 4 is 16.9 Å². The summed E-state index contributed by atoms with van der Waals surface area (Å²) in [4.78, 5) is 19.2. The lowest BCUT2D eigenvalue weighted by atomic mass is 9.81. The highest BCUT2D eigenvalue weighted by molar-refractivity contribution is 5.81. The van der Waals surface area contributed by atoms with Crippen LogP contribution in [0.25, 0.3) is 11.0 Å². The molecule has 2 aromatic carbocycles. The van der Waals surface area contributed by atoms with Gasteiger partial charge in [0, 0.05) is 25.6 Å². The van der Waals surface area contributed by atoms with Gasteiger partial charge in [0.25, 0.3) is 0 Å². The van der Waals surface area contributed by atoms with Crippen molar-refractivity contribution in [2.24, 2.45) is 5.92 Å². The maximum absolute atomic E-state index is 12.9. The van der Waals surface area contributed by atoms with Gasteiger partial charge in [-0.1, -0.05) is 36.4 Å². The van der Waals surface area contributed by atoms with Gasteiger partial charge < -0.3 is 14.6 Å². The molecule has 1 saturated heterocycles. The molecule has 1 amide bonds. The van der Waals surface area contributed by atoms with Crippen LogP contribution in [0, 0.1) is 12.8 Å². The third-order valence-electron chi connectivity index (χ3n) is 5.63. The zero-order chi connectivity index (χ0) is 18.8.